The molecule has 1 heterocycles. The minimum Gasteiger partial charge on any atom is -0.507 e. The molecule has 0 saturated carbocycles. The zero-order valence-electron chi connectivity index (χ0n) is 14.1. The zero-order chi connectivity index (χ0) is 19.5. The molecule has 1 aromatic carbocycles. The molecule has 3 N–H and O–H groups in total. The number of nitrogens with one attached hydrogen (secondary N) is 2. The second-order valence-corrected chi connectivity index (χ2v) is 7.08. The molecular formula is C15H16N4O6S. The Balaban J connectivity index is 2.07. The molecule has 0 aliphatic carbocycles. The molecule has 2 amide bonds. The third kappa shape index (κ3) is 5.14. The van der Waals surface area contributed by atoms with Crippen LogP contribution in [-0.2, 0) is 4.74 Å². The number of phenolic OH excluding ortho intramolecular Hbond substituents is 1. The molecule has 0 atom stereocenters. The van der Waals surface area contributed by atoms with Crippen molar-refractivity contribution >= 4 is 39.2 Å². The van der Waals surface area contributed by atoms with E-state index in [1.807, 2.05) is 0 Å². The molecule has 0 spiro atoms. The van der Waals surface area contributed by atoms with Gasteiger partial charge in [0.15, 0.2) is 5.13 Å². The number of phenols is 1. The van der Waals surface area contributed by atoms with Crippen LogP contribution in [-0.4, -0.2) is 32.6 Å². The summed E-state index contributed by atoms with van der Waals surface area (Å²) in [5.74, 6) is -1.09. The minimum atomic E-state index is -0.704. The largest absolute Gasteiger partial charge is 0.507 e. The first-order chi connectivity index (χ1) is 12.0. The number of ether oxygens (including phenoxy) is 1. The fraction of sp³-hybridized carbons (Fsp3) is 0.267. The van der Waals surface area contributed by atoms with Crippen molar-refractivity contribution in [2.24, 2.45) is 0 Å². The van der Waals surface area contributed by atoms with Crippen LogP contribution >= 0.6 is 11.3 Å². The van der Waals surface area contributed by atoms with Gasteiger partial charge in [-0.25, -0.2) is 9.78 Å². The summed E-state index contributed by atoms with van der Waals surface area (Å²) < 4.78 is 5.09. The Morgan fingerprint density at radius 3 is 2.54 bits per heavy atom. The van der Waals surface area contributed by atoms with E-state index in [2.05, 4.69) is 15.6 Å². The standard InChI is InChI=1S/C15H16N4O6S/c1-15(2,3)25-14(22)17-8-4-5-9(10(20)6-8)12(21)18-13-16-7-11(26-13)19(23)24/h4-7,20H,1-3H3,(H,17,22)(H,16,18,21). The summed E-state index contributed by atoms with van der Waals surface area (Å²) in [5.41, 5.74) is -0.529. The number of hydrogen-bond donors (Lipinski definition) is 3. The second-order valence-electron chi connectivity index (χ2n) is 6.07. The number of amides is 2. The molecule has 1 aromatic heterocycles. The minimum absolute atomic E-state index is 0.0251. The highest BCUT2D eigenvalue weighted by Crippen LogP contribution is 2.27. The molecule has 138 valence electrons. The van der Waals surface area contributed by atoms with E-state index in [1.165, 1.54) is 18.2 Å². The SMILES string of the molecule is CC(C)(C)OC(=O)Nc1ccc(C(=O)Nc2ncc([N+](=O)[O-])s2)c(O)c1. The summed E-state index contributed by atoms with van der Waals surface area (Å²) in [6.07, 6.45) is 0.317. The molecule has 0 aliphatic heterocycles. The van der Waals surface area contributed by atoms with Crippen molar-refractivity contribution < 1.29 is 24.4 Å². The summed E-state index contributed by atoms with van der Waals surface area (Å²) in [6, 6.07) is 3.88. The molecule has 2 aromatic rings. The molecule has 0 unspecified atom stereocenters. The van der Waals surface area contributed by atoms with E-state index in [-0.39, 0.29) is 27.1 Å². The van der Waals surface area contributed by atoms with Crippen molar-refractivity contribution in [3.63, 3.8) is 0 Å². The number of anilines is 2. The van der Waals surface area contributed by atoms with Gasteiger partial charge in [-0.05, 0) is 44.2 Å². The Morgan fingerprint density at radius 1 is 1.31 bits per heavy atom. The Labute approximate surface area is 152 Å². The van der Waals surface area contributed by atoms with Gasteiger partial charge in [0.1, 0.15) is 17.5 Å². The number of nitro groups is 1. The molecule has 11 heteroatoms. The van der Waals surface area contributed by atoms with Crippen LogP contribution in [0, 0.1) is 10.1 Å². The van der Waals surface area contributed by atoms with Crippen LogP contribution in [0.15, 0.2) is 24.4 Å². The fourth-order valence-corrected chi connectivity index (χ4v) is 2.42. The monoisotopic (exact) mass is 380 g/mol. The van der Waals surface area contributed by atoms with Gasteiger partial charge in [-0.1, -0.05) is 0 Å². The summed E-state index contributed by atoms with van der Waals surface area (Å²) in [5, 5.41) is 25.2. The molecular weight excluding hydrogens is 364 g/mol. The Bertz CT molecular complexity index is 858. The van der Waals surface area contributed by atoms with Gasteiger partial charge >= 0.3 is 11.1 Å². The van der Waals surface area contributed by atoms with Crippen molar-refractivity contribution in [1.82, 2.24) is 4.98 Å². The van der Waals surface area contributed by atoms with E-state index in [0.29, 0.717) is 11.3 Å². The number of carbonyl (C=O) groups excluding carboxylic acids is 2. The Hall–Kier alpha value is -3.21. The third-order valence-electron chi connectivity index (χ3n) is 2.78. The number of hydrogen-bond acceptors (Lipinski definition) is 8. The first-order valence-electron chi connectivity index (χ1n) is 7.30. The van der Waals surface area contributed by atoms with Crippen molar-refractivity contribution in [3.05, 3.63) is 40.1 Å². The van der Waals surface area contributed by atoms with Crippen LogP contribution in [0.1, 0.15) is 31.1 Å². The van der Waals surface area contributed by atoms with Gasteiger partial charge in [0, 0.05) is 11.8 Å². The molecule has 0 saturated heterocycles. The van der Waals surface area contributed by atoms with Gasteiger partial charge in [0.05, 0.1) is 10.5 Å². The average Bonchev–Trinajstić information content (AvgIpc) is 2.93. The van der Waals surface area contributed by atoms with E-state index >= 15 is 0 Å². The van der Waals surface area contributed by atoms with Crippen LogP contribution in [0.3, 0.4) is 0 Å². The van der Waals surface area contributed by atoms with Gasteiger partial charge in [-0.15, -0.1) is 0 Å². The van der Waals surface area contributed by atoms with E-state index in [1.54, 1.807) is 20.8 Å². The molecule has 2 rings (SSSR count). The van der Waals surface area contributed by atoms with Crippen molar-refractivity contribution in [2.45, 2.75) is 26.4 Å². The highest BCUT2D eigenvalue weighted by molar-refractivity contribution is 7.18. The maximum atomic E-state index is 12.1. The summed E-state index contributed by atoms with van der Waals surface area (Å²) >= 11 is 0.689. The van der Waals surface area contributed by atoms with Crippen LogP contribution in [0.25, 0.3) is 0 Å². The van der Waals surface area contributed by atoms with Crippen LogP contribution < -0.4 is 10.6 Å². The second kappa shape index (κ2) is 7.35. The van der Waals surface area contributed by atoms with Crippen LogP contribution in [0.5, 0.6) is 5.75 Å². The molecule has 0 aliphatic rings. The van der Waals surface area contributed by atoms with Crippen molar-refractivity contribution in [1.29, 1.82) is 0 Å². The van der Waals surface area contributed by atoms with Crippen LogP contribution in [0.4, 0.5) is 20.6 Å². The molecule has 0 bridgehead atoms. The normalized spacial score (nSPS) is 10.9. The lowest BCUT2D eigenvalue weighted by atomic mass is 10.1. The van der Waals surface area contributed by atoms with Crippen molar-refractivity contribution in [3.8, 4) is 5.75 Å². The number of benzene rings is 1. The lowest BCUT2D eigenvalue weighted by molar-refractivity contribution is -0.380. The highest BCUT2D eigenvalue weighted by Gasteiger charge is 2.19. The molecule has 26 heavy (non-hydrogen) atoms. The molecule has 0 fully saturated rings. The van der Waals surface area contributed by atoms with Gasteiger partial charge in [0.2, 0.25) is 0 Å². The number of carbonyl (C=O) groups is 2. The fourth-order valence-electron chi connectivity index (χ4n) is 1.80. The van der Waals surface area contributed by atoms with Gasteiger partial charge in [-0.2, -0.15) is 0 Å². The van der Waals surface area contributed by atoms with Gasteiger partial charge in [-0.3, -0.25) is 25.5 Å². The van der Waals surface area contributed by atoms with Crippen molar-refractivity contribution in [2.75, 3.05) is 10.6 Å². The predicted molar refractivity (Wildman–Crippen MR) is 94.7 cm³/mol. The van der Waals surface area contributed by atoms with E-state index in [4.69, 9.17) is 4.74 Å². The lowest BCUT2D eigenvalue weighted by Gasteiger charge is -2.19. The zero-order valence-corrected chi connectivity index (χ0v) is 14.9. The highest BCUT2D eigenvalue weighted by atomic mass is 32.1. The number of aromatic nitrogens is 1. The number of thiazole rings is 1. The van der Waals surface area contributed by atoms with E-state index in [9.17, 15) is 24.8 Å². The topological polar surface area (TPSA) is 144 Å². The molecule has 0 radical (unpaired) electrons. The average molecular weight is 380 g/mol. The number of nitrogens with zero attached hydrogens (tertiary/aromatic N) is 2. The van der Waals surface area contributed by atoms with Crippen LogP contribution in [0.2, 0.25) is 0 Å². The Morgan fingerprint density at radius 2 is 2.00 bits per heavy atom. The van der Waals surface area contributed by atoms with Gasteiger partial charge < -0.3 is 9.84 Å². The van der Waals surface area contributed by atoms with E-state index in [0.717, 1.165) is 6.20 Å². The summed E-state index contributed by atoms with van der Waals surface area (Å²) in [4.78, 5) is 37.6. The lowest BCUT2D eigenvalue weighted by Crippen LogP contribution is -2.27. The van der Waals surface area contributed by atoms with E-state index < -0.39 is 22.5 Å². The number of rotatable bonds is 4. The molecule has 10 nitrogen and oxygen atoms in total. The first-order valence-corrected chi connectivity index (χ1v) is 8.11. The maximum Gasteiger partial charge on any atom is 0.412 e. The van der Waals surface area contributed by atoms with Gasteiger partial charge in [0.25, 0.3) is 5.91 Å². The smallest absolute Gasteiger partial charge is 0.412 e. The first kappa shape index (κ1) is 19.1. The quantitative estimate of drug-likeness (QED) is 0.545. The third-order valence-corrected chi connectivity index (χ3v) is 3.65. The maximum absolute atomic E-state index is 12.1. The summed E-state index contributed by atoms with van der Waals surface area (Å²) in [7, 11) is 0. The number of aromatic hydroxyl groups is 1. The predicted octanol–water partition coefficient (Wildman–Crippen LogP) is 3.36. The summed E-state index contributed by atoms with van der Waals surface area (Å²) in [6.45, 7) is 5.13. The Kier molecular flexibility index (Phi) is 5.41.